The summed E-state index contributed by atoms with van der Waals surface area (Å²) in [5, 5.41) is 2.88. The summed E-state index contributed by atoms with van der Waals surface area (Å²) in [6.07, 6.45) is 3.31. The first kappa shape index (κ1) is 15.8. The van der Waals surface area contributed by atoms with Crippen molar-refractivity contribution in [1.29, 1.82) is 0 Å². The molecule has 0 bridgehead atoms. The number of ether oxygens (including phenoxy) is 1. The summed E-state index contributed by atoms with van der Waals surface area (Å²) in [6, 6.07) is 5.31. The first-order chi connectivity index (χ1) is 11.0. The lowest BCUT2D eigenvalue weighted by atomic mass is 9.77. The van der Waals surface area contributed by atoms with Crippen molar-refractivity contribution in [3.05, 3.63) is 30.1 Å². The van der Waals surface area contributed by atoms with Crippen molar-refractivity contribution in [3.8, 4) is 5.75 Å². The second-order valence-corrected chi connectivity index (χ2v) is 6.45. The molecule has 1 saturated heterocycles. The lowest BCUT2D eigenvalue weighted by molar-refractivity contribution is -0.132. The van der Waals surface area contributed by atoms with Crippen LogP contribution in [-0.2, 0) is 4.79 Å². The molecule has 124 valence electrons. The van der Waals surface area contributed by atoms with Gasteiger partial charge in [-0.15, -0.1) is 0 Å². The molecule has 1 aliphatic carbocycles. The van der Waals surface area contributed by atoms with Crippen LogP contribution in [0.15, 0.2) is 24.3 Å². The van der Waals surface area contributed by atoms with E-state index in [1.54, 1.807) is 0 Å². The van der Waals surface area contributed by atoms with Gasteiger partial charge in [0.1, 0.15) is 23.7 Å². The Morgan fingerprint density at radius 3 is 2.57 bits per heavy atom. The predicted octanol–water partition coefficient (Wildman–Crippen LogP) is 2.71. The van der Waals surface area contributed by atoms with Crippen molar-refractivity contribution < 1.29 is 18.7 Å². The van der Waals surface area contributed by atoms with Gasteiger partial charge < -0.3 is 10.1 Å². The molecule has 6 heteroatoms. The Labute approximate surface area is 134 Å². The van der Waals surface area contributed by atoms with Crippen LogP contribution in [-0.4, -0.2) is 35.5 Å². The SMILES string of the molecule is CC1CCC2(CC1)NC(=O)N(CCOc1ccc(F)cc1)C2=O. The minimum atomic E-state index is -0.709. The molecule has 0 aromatic heterocycles. The van der Waals surface area contributed by atoms with Crippen molar-refractivity contribution in [1.82, 2.24) is 10.2 Å². The summed E-state index contributed by atoms with van der Waals surface area (Å²) < 4.78 is 18.3. The zero-order valence-corrected chi connectivity index (χ0v) is 13.2. The van der Waals surface area contributed by atoms with Gasteiger partial charge in [-0.3, -0.25) is 9.69 Å². The lowest BCUT2D eigenvalue weighted by Crippen LogP contribution is -2.49. The third-order valence-corrected chi connectivity index (χ3v) is 4.77. The molecule has 2 aliphatic rings. The van der Waals surface area contributed by atoms with Crippen LogP contribution in [0.25, 0.3) is 0 Å². The molecule has 1 aromatic rings. The Morgan fingerprint density at radius 1 is 1.26 bits per heavy atom. The van der Waals surface area contributed by atoms with Crippen LogP contribution in [0.3, 0.4) is 0 Å². The van der Waals surface area contributed by atoms with E-state index < -0.39 is 5.54 Å². The molecule has 0 unspecified atom stereocenters. The number of urea groups is 1. The number of nitrogens with one attached hydrogen (secondary N) is 1. The Balaban J connectivity index is 1.57. The quantitative estimate of drug-likeness (QED) is 0.868. The molecule has 1 aromatic carbocycles. The van der Waals surface area contributed by atoms with E-state index in [0.29, 0.717) is 24.5 Å². The maximum atomic E-state index is 12.8. The number of carbonyl (C=O) groups is 2. The topological polar surface area (TPSA) is 58.6 Å². The molecule has 1 saturated carbocycles. The number of halogens is 1. The van der Waals surface area contributed by atoms with E-state index in [1.165, 1.54) is 29.2 Å². The standard InChI is InChI=1S/C17H21FN2O3/c1-12-6-8-17(9-7-12)15(21)20(16(22)19-17)10-11-23-14-4-2-13(18)3-5-14/h2-5,12H,6-11H2,1H3,(H,19,22). The van der Waals surface area contributed by atoms with Crippen LogP contribution >= 0.6 is 0 Å². The van der Waals surface area contributed by atoms with Crippen molar-refractivity contribution in [2.75, 3.05) is 13.2 Å². The molecule has 5 nitrogen and oxygen atoms in total. The van der Waals surface area contributed by atoms with Gasteiger partial charge in [-0.2, -0.15) is 0 Å². The van der Waals surface area contributed by atoms with Crippen LogP contribution in [0.4, 0.5) is 9.18 Å². The average molecular weight is 320 g/mol. The molecule has 1 heterocycles. The number of nitrogens with zero attached hydrogens (tertiary/aromatic N) is 1. The monoisotopic (exact) mass is 320 g/mol. The second kappa shape index (κ2) is 6.18. The zero-order chi connectivity index (χ0) is 16.4. The Morgan fingerprint density at radius 2 is 1.91 bits per heavy atom. The third-order valence-electron chi connectivity index (χ3n) is 4.77. The number of hydrogen-bond acceptors (Lipinski definition) is 3. The van der Waals surface area contributed by atoms with Gasteiger partial charge in [-0.05, 0) is 55.9 Å². The number of imide groups is 1. The van der Waals surface area contributed by atoms with Crippen LogP contribution in [0.5, 0.6) is 5.75 Å². The smallest absolute Gasteiger partial charge is 0.325 e. The van der Waals surface area contributed by atoms with Crippen LogP contribution in [0.1, 0.15) is 32.6 Å². The van der Waals surface area contributed by atoms with Gasteiger partial charge in [-0.25, -0.2) is 9.18 Å². The third kappa shape index (κ3) is 3.16. The minimum Gasteiger partial charge on any atom is -0.492 e. The Bertz CT molecular complexity index is 594. The first-order valence-electron chi connectivity index (χ1n) is 8.03. The van der Waals surface area contributed by atoms with Gasteiger partial charge in [0.15, 0.2) is 0 Å². The number of carbonyl (C=O) groups excluding carboxylic acids is 2. The first-order valence-corrected chi connectivity index (χ1v) is 8.03. The summed E-state index contributed by atoms with van der Waals surface area (Å²) in [6.45, 7) is 2.55. The Kier molecular flexibility index (Phi) is 4.24. The van der Waals surface area contributed by atoms with Crippen LogP contribution in [0.2, 0.25) is 0 Å². The minimum absolute atomic E-state index is 0.142. The van der Waals surface area contributed by atoms with Gasteiger partial charge in [0.25, 0.3) is 5.91 Å². The van der Waals surface area contributed by atoms with E-state index in [-0.39, 0.29) is 30.9 Å². The fraction of sp³-hybridized carbons (Fsp3) is 0.529. The fourth-order valence-corrected chi connectivity index (χ4v) is 3.26. The molecular formula is C17H21FN2O3. The zero-order valence-electron chi connectivity index (χ0n) is 13.2. The van der Waals surface area contributed by atoms with Crippen molar-refractivity contribution in [2.45, 2.75) is 38.1 Å². The number of hydrogen-bond donors (Lipinski definition) is 1. The molecule has 0 radical (unpaired) electrons. The highest BCUT2D eigenvalue weighted by atomic mass is 19.1. The predicted molar refractivity (Wildman–Crippen MR) is 82.5 cm³/mol. The molecule has 1 aliphatic heterocycles. The normalized spacial score (nSPS) is 27.4. The molecule has 1 N–H and O–H groups in total. The highest BCUT2D eigenvalue weighted by Crippen LogP contribution is 2.36. The summed E-state index contributed by atoms with van der Waals surface area (Å²) >= 11 is 0. The van der Waals surface area contributed by atoms with Gasteiger partial charge >= 0.3 is 6.03 Å². The second-order valence-electron chi connectivity index (χ2n) is 6.45. The van der Waals surface area contributed by atoms with E-state index in [1.807, 2.05) is 0 Å². The molecule has 3 rings (SSSR count). The highest BCUT2D eigenvalue weighted by molar-refractivity contribution is 6.07. The molecule has 23 heavy (non-hydrogen) atoms. The van der Waals surface area contributed by atoms with Gasteiger partial charge in [0.2, 0.25) is 0 Å². The van der Waals surface area contributed by atoms with Crippen molar-refractivity contribution in [2.24, 2.45) is 5.92 Å². The molecule has 0 atom stereocenters. The summed E-state index contributed by atoms with van der Waals surface area (Å²) in [5.74, 6) is 0.637. The van der Waals surface area contributed by atoms with Gasteiger partial charge in [0, 0.05) is 0 Å². The van der Waals surface area contributed by atoms with Crippen LogP contribution in [0, 0.1) is 11.7 Å². The van der Waals surface area contributed by atoms with Crippen LogP contribution < -0.4 is 10.1 Å². The van der Waals surface area contributed by atoms with Gasteiger partial charge in [-0.1, -0.05) is 6.92 Å². The van der Waals surface area contributed by atoms with E-state index in [0.717, 1.165) is 12.8 Å². The van der Waals surface area contributed by atoms with E-state index in [2.05, 4.69) is 12.2 Å². The Hall–Kier alpha value is -2.11. The van der Waals surface area contributed by atoms with E-state index in [4.69, 9.17) is 4.74 Å². The maximum Gasteiger partial charge on any atom is 0.325 e. The number of amides is 3. The summed E-state index contributed by atoms with van der Waals surface area (Å²) in [7, 11) is 0. The van der Waals surface area contributed by atoms with E-state index in [9.17, 15) is 14.0 Å². The fourth-order valence-electron chi connectivity index (χ4n) is 3.26. The van der Waals surface area contributed by atoms with Gasteiger partial charge in [0.05, 0.1) is 6.54 Å². The largest absolute Gasteiger partial charge is 0.492 e. The maximum absolute atomic E-state index is 12.8. The van der Waals surface area contributed by atoms with Crippen molar-refractivity contribution in [3.63, 3.8) is 0 Å². The number of benzene rings is 1. The van der Waals surface area contributed by atoms with Crippen molar-refractivity contribution >= 4 is 11.9 Å². The summed E-state index contributed by atoms with van der Waals surface area (Å²) in [5.41, 5.74) is -0.709. The molecule has 1 spiro atoms. The molecular weight excluding hydrogens is 299 g/mol. The molecule has 2 fully saturated rings. The lowest BCUT2D eigenvalue weighted by Gasteiger charge is -2.33. The number of rotatable bonds is 4. The summed E-state index contributed by atoms with van der Waals surface area (Å²) in [4.78, 5) is 26.0. The average Bonchev–Trinajstić information content (AvgIpc) is 2.76. The highest BCUT2D eigenvalue weighted by Gasteiger charge is 2.51. The molecule has 3 amide bonds. The van der Waals surface area contributed by atoms with E-state index >= 15 is 0 Å².